The van der Waals surface area contributed by atoms with Crippen LogP contribution in [0.2, 0.25) is 0 Å². The highest BCUT2D eigenvalue weighted by molar-refractivity contribution is 6.02. The number of amidine groups is 1. The first-order chi connectivity index (χ1) is 9.12. The van der Waals surface area contributed by atoms with E-state index >= 15 is 0 Å². The first-order valence-corrected chi connectivity index (χ1v) is 7.08. The number of oxime groups is 1. The molecule has 6 nitrogen and oxygen atoms in total. The van der Waals surface area contributed by atoms with Gasteiger partial charge in [0.15, 0.2) is 5.84 Å². The van der Waals surface area contributed by atoms with Crippen molar-refractivity contribution in [3.63, 3.8) is 0 Å². The molecule has 1 saturated heterocycles. The van der Waals surface area contributed by atoms with Gasteiger partial charge in [0.05, 0.1) is 17.1 Å². The first kappa shape index (κ1) is 16.8. The number of ether oxygens (including phenoxy) is 1. The lowest BCUT2D eigenvalue weighted by molar-refractivity contribution is -0.189. The van der Waals surface area contributed by atoms with Crippen molar-refractivity contribution in [2.24, 2.45) is 16.8 Å². The molecular formula is C14H27N3O3. The molecular weight excluding hydrogens is 258 g/mol. The predicted molar refractivity (Wildman–Crippen MR) is 77.6 cm³/mol. The van der Waals surface area contributed by atoms with E-state index in [1.54, 1.807) is 4.90 Å². The average Bonchev–Trinajstić information content (AvgIpc) is 2.30. The van der Waals surface area contributed by atoms with Crippen LogP contribution in [0.3, 0.4) is 0 Å². The standard InChI is InChI=1S/C14H27N3O3/c1-6-7-10(11(15)16-19)12(18)17-8-13(2,3)20-14(4,5)9-17/h10,19H,6-9H2,1-5H3,(H2,15,16). The molecule has 0 aromatic carbocycles. The number of rotatable bonds is 4. The number of amides is 1. The summed E-state index contributed by atoms with van der Waals surface area (Å²) >= 11 is 0. The molecule has 1 aliphatic rings. The third kappa shape index (κ3) is 4.10. The topological polar surface area (TPSA) is 88.2 Å². The van der Waals surface area contributed by atoms with E-state index in [1.807, 2.05) is 34.6 Å². The van der Waals surface area contributed by atoms with Crippen molar-refractivity contribution in [2.75, 3.05) is 13.1 Å². The molecule has 0 bridgehead atoms. The maximum Gasteiger partial charge on any atom is 0.233 e. The Morgan fingerprint density at radius 1 is 1.35 bits per heavy atom. The zero-order chi connectivity index (χ0) is 15.6. The summed E-state index contributed by atoms with van der Waals surface area (Å²) in [5.41, 5.74) is 4.86. The van der Waals surface area contributed by atoms with Gasteiger partial charge >= 0.3 is 0 Å². The number of nitrogens with two attached hydrogens (primary N) is 1. The highest BCUT2D eigenvalue weighted by Gasteiger charge is 2.41. The van der Waals surface area contributed by atoms with Crippen molar-refractivity contribution in [2.45, 2.75) is 58.7 Å². The Hall–Kier alpha value is -1.30. The van der Waals surface area contributed by atoms with Crippen molar-refractivity contribution in [3.8, 4) is 0 Å². The monoisotopic (exact) mass is 285 g/mol. The fourth-order valence-electron chi connectivity index (χ4n) is 2.92. The second-order valence-corrected chi connectivity index (χ2v) is 6.68. The molecule has 1 rings (SSSR count). The number of hydrogen-bond acceptors (Lipinski definition) is 4. The van der Waals surface area contributed by atoms with Gasteiger partial charge in [-0.15, -0.1) is 0 Å². The smallest absolute Gasteiger partial charge is 0.233 e. The Kier molecular flexibility index (Phi) is 5.02. The fraction of sp³-hybridized carbons (Fsp3) is 0.857. The van der Waals surface area contributed by atoms with Crippen LogP contribution in [0.15, 0.2) is 5.16 Å². The van der Waals surface area contributed by atoms with Crippen LogP contribution in [0, 0.1) is 5.92 Å². The molecule has 0 aromatic heterocycles. The molecule has 6 heteroatoms. The number of hydrogen-bond donors (Lipinski definition) is 2. The van der Waals surface area contributed by atoms with Crippen LogP contribution >= 0.6 is 0 Å². The molecule has 1 heterocycles. The van der Waals surface area contributed by atoms with E-state index in [9.17, 15) is 4.79 Å². The van der Waals surface area contributed by atoms with Gasteiger partial charge in [0.2, 0.25) is 5.91 Å². The van der Waals surface area contributed by atoms with E-state index in [-0.39, 0.29) is 11.7 Å². The molecule has 0 spiro atoms. The summed E-state index contributed by atoms with van der Waals surface area (Å²) in [5.74, 6) is -0.666. The average molecular weight is 285 g/mol. The lowest BCUT2D eigenvalue weighted by atomic mass is 9.95. The Balaban J connectivity index is 2.94. The number of carbonyl (C=O) groups is 1. The summed E-state index contributed by atoms with van der Waals surface area (Å²) in [5, 5.41) is 11.9. The predicted octanol–water partition coefficient (Wildman–Crippen LogP) is 1.57. The second-order valence-electron chi connectivity index (χ2n) is 6.68. The Bertz CT molecular complexity index is 375. The molecule has 116 valence electrons. The summed E-state index contributed by atoms with van der Waals surface area (Å²) in [6.07, 6.45) is 1.37. The zero-order valence-electron chi connectivity index (χ0n) is 13.1. The zero-order valence-corrected chi connectivity index (χ0v) is 13.1. The highest BCUT2D eigenvalue weighted by atomic mass is 16.5. The van der Waals surface area contributed by atoms with Gasteiger partial charge in [-0.3, -0.25) is 4.79 Å². The minimum atomic E-state index is -0.560. The lowest BCUT2D eigenvalue weighted by Crippen LogP contribution is -2.60. The van der Waals surface area contributed by atoms with E-state index in [2.05, 4.69) is 5.16 Å². The van der Waals surface area contributed by atoms with Crippen LogP contribution in [-0.2, 0) is 9.53 Å². The molecule has 1 unspecified atom stereocenters. The molecule has 1 amide bonds. The van der Waals surface area contributed by atoms with Gasteiger partial charge in [0.1, 0.15) is 0 Å². The maximum absolute atomic E-state index is 12.7. The number of morpholine rings is 1. The van der Waals surface area contributed by atoms with Crippen LogP contribution in [-0.4, -0.2) is 46.1 Å². The summed E-state index contributed by atoms with van der Waals surface area (Å²) in [6.45, 7) is 10.8. The van der Waals surface area contributed by atoms with Gasteiger partial charge in [0, 0.05) is 13.1 Å². The third-order valence-corrected chi connectivity index (χ3v) is 3.36. The van der Waals surface area contributed by atoms with Gasteiger partial charge < -0.3 is 20.6 Å². The maximum atomic E-state index is 12.7. The van der Waals surface area contributed by atoms with Gasteiger partial charge in [-0.2, -0.15) is 0 Å². The molecule has 0 aromatic rings. The fourth-order valence-corrected chi connectivity index (χ4v) is 2.92. The number of carbonyl (C=O) groups excluding carboxylic acids is 1. The molecule has 3 N–H and O–H groups in total. The third-order valence-electron chi connectivity index (χ3n) is 3.36. The molecule has 1 aliphatic heterocycles. The summed E-state index contributed by atoms with van der Waals surface area (Å²) < 4.78 is 5.96. The molecule has 20 heavy (non-hydrogen) atoms. The first-order valence-electron chi connectivity index (χ1n) is 7.08. The SMILES string of the molecule is CCCC(C(=O)N1CC(C)(C)OC(C)(C)C1)C(N)=NO. The van der Waals surface area contributed by atoms with Crippen LogP contribution in [0.1, 0.15) is 47.5 Å². The van der Waals surface area contributed by atoms with Crippen LogP contribution < -0.4 is 5.73 Å². The van der Waals surface area contributed by atoms with Crippen molar-refractivity contribution in [1.29, 1.82) is 0 Å². The molecule has 1 fully saturated rings. The molecule has 0 saturated carbocycles. The Morgan fingerprint density at radius 2 is 1.85 bits per heavy atom. The van der Waals surface area contributed by atoms with Crippen molar-refractivity contribution >= 4 is 11.7 Å². The van der Waals surface area contributed by atoms with Crippen LogP contribution in [0.4, 0.5) is 0 Å². The van der Waals surface area contributed by atoms with E-state index in [0.717, 1.165) is 6.42 Å². The Morgan fingerprint density at radius 3 is 2.25 bits per heavy atom. The summed E-state index contributed by atoms with van der Waals surface area (Å²) in [7, 11) is 0. The van der Waals surface area contributed by atoms with Gasteiger partial charge in [0.25, 0.3) is 0 Å². The summed E-state index contributed by atoms with van der Waals surface area (Å²) in [6, 6.07) is 0. The Labute approximate surface area is 120 Å². The summed E-state index contributed by atoms with van der Waals surface area (Å²) in [4.78, 5) is 14.4. The van der Waals surface area contributed by atoms with Crippen LogP contribution in [0.25, 0.3) is 0 Å². The van der Waals surface area contributed by atoms with Crippen molar-refractivity contribution in [3.05, 3.63) is 0 Å². The molecule has 0 aliphatic carbocycles. The number of nitrogens with zero attached hydrogens (tertiary/aromatic N) is 2. The molecule has 1 atom stereocenters. The largest absolute Gasteiger partial charge is 0.409 e. The van der Waals surface area contributed by atoms with Crippen molar-refractivity contribution < 1.29 is 14.7 Å². The van der Waals surface area contributed by atoms with E-state index < -0.39 is 17.1 Å². The van der Waals surface area contributed by atoms with E-state index in [0.29, 0.717) is 19.5 Å². The second kappa shape index (κ2) is 5.99. The molecule has 0 radical (unpaired) electrons. The lowest BCUT2D eigenvalue weighted by Gasteiger charge is -2.47. The van der Waals surface area contributed by atoms with Gasteiger partial charge in [-0.1, -0.05) is 18.5 Å². The van der Waals surface area contributed by atoms with Gasteiger partial charge in [-0.25, -0.2) is 0 Å². The van der Waals surface area contributed by atoms with Gasteiger partial charge in [-0.05, 0) is 34.1 Å². The van der Waals surface area contributed by atoms with Crippen molar-refractivity contribution in [1.82, 2.24) is 4.90 Å². The van der Waals surface area contributed by atoms with E-state index in [4.69, 9.17) is 15.7 Å². The minimum absolute atomic E-state index is 0.0149. The minimum Gasteiger partial charge on any atom is -0.409 e. The highest BCUT2D eigenvalue weighted by Crippen LogP contribution is 2.29. The van der Waals surface area contributed by atoms with Crippen LogP contribution in [0.5, 0.6) is 0 Å². The van der Waals surface area contributed by atoms with E-state index in [1.165, 1.54) is 0 Å². The quantitative estimate of drug-likeness (QED) is 0.355. The normalized spacial score (nSPS) is 23.4.